The molecule has 0 aliphatic rings. The fourth-order valence-electron chi connectivity index (χ4n) is 1.81. The molecule has 1 unspecified atom stereocenters. The topological polar surface area (TPSA) is 42.7 Å². The summed E-state index contributed by atoms with van der Waals surface area (Å²) in [6.45, 7) is 7.33. The molecule has 0 saturated heterocycles. The van der Waals surface area contributed by atoms with Crippen molar-refractivity contribution in [3.8, 4) is 5.82 Å². The zero-order chi connectivity index (χ0) is 13.0. The Balaban J connectivity index is 2.10. The number of pyridine rings is 1. The largest absolute Gasteiger partial charge is 0.310 e. The maximum absolute atomic E-state index is 4.45. The number of rotatable bonds is 5. The van der Waals surface area contributed by atoms with Crippen LogP contribution in [0.15, 0.2) is 30.6 Å². The van der Waals surface area contributed by atoms with Crippen molar-refractivity contribution in [1.82, 2.24) is 20.1 Å². The minimum absolute atomic E-state index is 0.339. The van der Waals surface area contributed by atoms with Gasteiger partial charge in [-0.05, 0) is 44.5 Å². The van der Waals surface area contributed by atoms with Gasteiger partial charge in [0.1, 0.15) is 0 Å². The van der Waals surface area contributed by atoms with Crippen molar-refractivity contribution in [2.75, 3.05) is 6.54 Å². The summed E-state index contributed by atoms with van der Waals surface area (Å²) < 4.78 is 1.79. The summed E-state index contributed by atoms with van der Waals surface area (Å²) in [7, 11) is 0. The highest BCUT2D eigenvalue weighted by atomic mass is 15.3. The SMILES string of the molecule is CCCNC(C)c1ccc(-n2ccc(C)n2)nc1. The van der Waals surface area contributed by atoms with Crippen LogP contribution in [0.25, 0.3) is 5.82 Å². The highest BCUT2D eigenvalue weighted by Crippen LogP contribution is 2.13. The van der Waals surface area contributed by atoms with Gasteiger partial charge < -0.3 is 5.32 Å². The van der Waals surface area contributed by atoms with E-state index in [0.29, 0.717) is 6.04 Å². The van der Waals surface area contributed by atoms with E-state index in [1.165, 1.54) is 5.56 Å². The summed E-state index contributed by atoms with van der Waals surface area (Å²) >= 11 is 0. The number of hydrogen-bond acceptors (Lipinski definition) is 3. The molecule has 2 heterocycles. The van der Waals surface area contributed by atoms with E-state index in [1.807, 2.05) is 31.5 Å². The van der Waals surface area contributed by atoms with Crippen molar-refractivity contribution in [2.45, 2.75) is 33.2 Å². The maximum atomic E-state index is 4.45. The third kappa shape index (κ3) is 2.96. The van der Waals surface area contributed by atoms with E-state index in [9.17, 15) is 0 Å². The van der Waals surface area contributed by atoms with Gasteiger partial charge in [0.25, 0.3) is 0 Å². The lowest BCUT2D eigenvalue weighted by atomic mass is 10.1. The molecule has 0 aliphatic carbocycles. The van der Waals surface area contributed by atoms with Crippen molar-refractivity contribution >= 4 is 0 Å². The van der Waals surface area contributed by atoms with Gasteiger partial charge in [-0.15, -0.1) is 0 Å². The van der Waals surface area contributed by atoms with Crippen LogP contribution in [0.2, 0.25) is 0 Å². The Morgan fingerprint density at radius 2 is 2.17 bits per heavy atom. The molecule has 0 aromatic carbocycles. The van der Waals surface area contributed by atoms with Gasteiger partial charge in [0, 0.05) is 18.4 Å². The maximum Gasteiger partial charge on any atom is 0.153 e. The molecule has 0 amide bonds. The summed E-state index contributed by atoms with van der Waals surface area (Å²) in [4.78, 5) is 4.45. The van der Waals surface area contributed by atoms with E-state index in [1.54, 1.807) is 4.68 Å². The Kier molecular flexibility index (Phi) is 4.10. The molecule has 18 heavy (non-hydrogen) atoms. The lowest BCUT2D eigenvalue weighted by Crippen LogP contribution is -2.19. The lowest BCUT2D eigenvalue weighted by Gasteiger charge is -2.13. The zero-order valence-corrected chi connectivity index (χ0v) is 11.2. The lowest BCUT2D eigenvalue weighted by molar-refractivity contribution is 0.569. The Morgan fingerprint density at radius 1 is 1.33 bits per heavy atom. The van der Waals surface area contributed by atoms with E-state index >= 15 is 0 Å². The average Bonchev–Trinajstić information content (AvgIpc) is 2.83. The zero-order valence-electron chi connectivity index (χ0n) is 11.2. The highest BCUT2D eigenvalue weighted by Gasteiger charge is 2.05. The van der Waals surface area contributed by atoms with Gasteiger partial charge in [0.2, 0.25) is 0 Å². The van der Waals surface area contributed by atoms with Gasteiger partial charge in [0.05, 0.1) is 5.69 Å². The number of nitrogens with one attached hydrogen (secondary N) is 1. The van der Waals surface area contributed by atoms with Crippen molar-refractivity contribution in [3.63, 3.8) is 0 Å². The van der Waals surface area contributed by atoms with Crippen molar-refractivity contribution < 1.29 is 0 Å². The van der Waals surface area contributed by atoms with Crippen LogP contribution >= 0.6 is 0 Å². The van der Waals surface area contributed by atoms with E-state index in [0.717, 1.165) is 24.5 Å². The fraction of sp³-hybridized carbons (Fsp3) is 0.429. The highest BCUT2D eigenvalue weighted by molar-refractivity contribution is 5.26. The van der Waals surface area contributed by atoms with E-state index in [-0.39, 0.29) is 0 Å². The molecule has 0 spiro atoms. The first kappa shape index (κ1) is 12.8. The molecule has 1 atom stereocenters. The quantitative estimate of drug-likeness (QED) is 0.879. The minimum Gasteiger partial charge on any atom is -0.310 e. The first-order chi connectivity index (χ1) is 8.70. The number of aryl methyl sites for hydroxylation is 1. The molecule has 2 aromatic rings. The Hall–Kier alpha value is -1.68. The van der Waals surface area contributed by atoms with E-state index in [4.69, 9.17) is 0 Å². The van der Waals surface area contributed by atoms with Crippen LogP contribution in [-0.4, -0.2) is 21.3 Å². The Labute approximate surface area is 108 Å². The summed E-state index contributed by atoms with van der Waals surface area (Å²) in [6.07, 6.45) is 4.98. The molecule has 0 fully saturated rings. The van der Waals surface area contributed by atoms with Crippen molar-refractivity contribution in [1.29, 1.82) is 0 Å². The van der Waals surface area contributed by atoms with Crippen LogP contribution in [0, 0.1) is 6.92 Å². The predicted octanol–water partition coefficient (Wildman–Crippen LogP) is 2.64. The van der Waals surface area contributed by atoms with Crippen LogP contribution in [0.3, 0.4) is 0 Å². The average molecular weight is 244 g/mol. The standard InChI is InChI=1S/C14H20N4/c1-4-8-15-12(3)13-5-6-14(16-10-13)18-9-7-11(2)17-18/h5-7,9-10,12,15H,4,8H2,1-3H3. The molecule has 2 rings (SSSR count). The number of aromatic nitrogens is 3. The van der Waals surface area contributed by atoms with E-state index in [2.05, 4.69) is 35.3 Å². The summed E-state index contributed by atoms with van der Waals surface area (Å²) in [5.41, 5.74) is 2.20. The molecular weight excluding hydrogens is 224 g/mol. The number of hydrogen-bond donors (Lipinski definition) is 1. The van der Waals surface area contributed by atoms with Gasteiger partial charge in [-0.2, -0.15) is 5.10 Å². The molecular formula is C14H20N4. The third-order valence-electron chi connectivity index (χ3n) is 2.93. The van der Waals surface area contributed by atoms with Crippen molar-refractivity contribution in [2.24, 2.45) is 0 Å². The van der Waals surface area contributed by atoms with Gasteiger partial charge in [0.15, 0.2) is 5.82 Å². The second-order valence-corrected chi connectivity index (χ2v) is 4.53. The smallest absolute Gasteiger partial charge is 0.153 e. The Morgan fingerprint density at radius 3 is 2.72 bits per heavy atom. The van der Waals surface area contributed by atoms with Crippen LogP contribution in [0.4, 0.5) is 0 Å². The second-order valence-electron chi connectivity index (χ2n) is 4.53. The van der Waals surface area contributed by atoms with Gasteiger partial charge in [-0.1, -0.05) is 13.0 Å². The van der Waals surface area contributed by atoms with Gasteiger partial charge >= 0.3 is 0 Å². The predicted molar refractivity (Wildman–Crippen MR) is 72.8 cm³/mol. The molecule has 0 aliphatic heterocycles. The molecule has 0 bridgehead atoms. The van der Waals surface area contributed by atoms with Gasteiger partial charge in [-0.25, -0.2) is 9.67 Å². The summed E-state index contributed by atoms with van der Waals surface area (Å²) in [5.74, 6) is 0.856. The third-order valence-corrected chi connectivity index (χ3v) is 2.93. The van der Waals surface area contributed by atoms with Crippen LogP contribution in [0.1, 0.15) is 37.6 Å². The molecule has 4 nitrogen and oxygen atoms in total. The van der Waals surface area contributed by atoms with Crippen LogP contribution in [-0.2, 0) is 0 Å². The Bertz CT molecular complexity index is 487. The molecule has 96 valence electrons. The van der Waals surface area contributed by atoms with Crippen molar-refractivity contribution in [3.05, 3.63) is 41.9 Å². The number of nitrogens with zero attached hydrogens (tertiary/aromatic N) is 3. The molecule has 0 radical (unpaired) electrons. The first-order valence-corrected chi connectivity index (χ1v) is 6.42. The van der Waals surface area contributed by atoms with Gasteiger partial charge in [-0.3, -0.25) is 0 Å². The minimum atomic E-state index is 0.339. The molecule has 0 saturated carbocycles. The monoisotopic (exact) mass is 244 g/mol. The van der Waals surface area contributed by atoms with Crippen LogP contribution < -0.4 is 5.32 Å². The van der Waals surface area contributed by atoms with E-state index < -0.39 is 0 Å². The summed E-state index contributed by atoms with van der Waals surface area (Å²) in [5, 5.41) is 7.79. The molecule has 1 N–H and O–H groups in total. The fourth-order valence-corrected chi connectivity index (χ4v) is 1.81. The molecule has 2 aromatic heterocycles. The normalized spacial score (nSPS) is 12.6. The first-order valence-electron chi connectivity index (χ1n) is 6.42. The van der Waals surface area contributed by atoms with Crippen LogP contribution in [0.5, 0.6) is 0 Å². The summed E-state index contributed by atoms with van der Waals surface area (Å²) in [6, 6.07) is 6.42. The second kappa shape index (κ2) is 5.78. The molecule has 4 heteroatoms.